The molecule has 1 aromatic carbocycles. The number of anilines is 1. The molecule has 1 aromatic rings. The van der Waals surface area contributed by atoms with Gasteiger partial charge in [-0.1, -0.05) is 13.8 Å². The molecular weight excluding hydrogens is 342 g/mol. The molecule has 0 unspecified atom stereocenters. The third kappa shape index (κ3) is 6.38. The van der Waals surface area contributed by atoms with Gasteiger partial charge in [0.2, 0.25) is 0 Å². The molecule has 1 aliphatic rings. The van der Waals surface area contributed by atoms with Crippen molar-refractivity contribution in [3.05, 3.63) is 29.8 Å². The van der Waals surface area contributed by atoms with Crippen LogP contribution in [-0.2, 0) is 9.84 Å². The van der Waals surface area contributed by atoms with Crippen LogP contribution in [0.5, 0.6) is 0 Å². The van der Waals surface area contributed by atoms with E-state index < -0.39 is 15.9 Å². The van der Waals surface area contributed by atoms with E-state index in [1.165, 1.54) is 0 Å². The number of nitrogens with one attached hydrogen (secondary N) is 3. The van der Waals surface area contributed by atoms with Gasteiger partial charge in [-0.3, -0.25) is 4.79 Å². The summed E-state index contributed by atoms with van der Waals surface area (Å²) in [5.41, 5.74) is 1.06. The van der Waals surface area contributed by atoms with Gasteiger partial charge in [0.15, 0.2) is 9.84 Å². The molecule has 0 aliphatic carbocycles. The topological polar surface area (TPSA) is 104 Å². The molecule has 0 saturated carbocycles. The third-order valence-electron chi connectivity index (χ3n) is 3.98. The van der Waals surface area contributed by atoms with Crippen molar-refractivity contribution in [3.63, 3.8) is 0 Å². The van der Waals surface area contributed by atoms with Crippen molar-refractivity contribution in [1.29, 1.82) is 0 Å². The van der Waals surface area contributed by atoms with Gasteiger partial charge < -0.3 is 16.0 Å². The molecule has 1 saturated heterocycles. The highest BCUT2D eigenvalue weighted by Gasteiger charge is 2.28. The zero-order valence-electron chi connectivity index (χ0n) is 14.5. The molecule has 1 fully saturated rings. The Balaban J connectivity index is 1.81. The minimum absolute atomic E-state index is 0.0180. The van der Waals surface area contributed by atoms with Gasteiger partial charge in [0.1, 0.15) is 0 Å². The number of benzene rings is 1. The van der Waals surface area contributed by atoms with Crippen molar-refractivity contribution in [2.75, 3.05) is 23.4 Å². The predicted octanol–water partition coefficient (Wildman–Crippen LogP) is 1.77. The Morgan fingerprint density at radius 2 is 1.88 bits per heavy atom. The normalized spacial score (nSPS) is 18.8. The highest BCUT2D eigenvalue weighted by molar-refractivity contribution is 7.91. The maximum atomic E-state index is 12.0. The second kappa shape index (κ2) is 8.33. The highest BCUT2D eigenvalue weighted by atomic mass is 32.2. The first kappa shape index (κ1) is 19.2. The highest BCUT2D eigenvalue weighted by Crippen LogP contribution is 2.13. The van der Waals surface area contributed by atoms with E-state index in [1.807, 2.05) is 0 Å². The Bertz CT molecular complexity index is 714. The molecule has 0 aromatic heterocycles. The summed E-state index contributed by atoms with van der Waals surface area (Å²) in [4.78, 5) is 23.9. The average Bonchev–Trinajstić information content (AvgIpc) is 2.86. The van der Waals surface area contributed by atoms with Crippen molar-refractivity contribution >= 4 is 27.5 Å². The van der Waals surface area contributed by atoms with E-state index in [1.54, 1.807) is 24.3 Å². The molecule has 1 aliphatic heterocycles. The summed E-state index contributed by atoms with van der Waals surface area (Å²) >= 11 is 0. The van der Waals surface area contributed by atoms with Crippen LogP contribution < -0.4 is 16.0 Å². The van der Waals surface area contributed by atoms with E-state index in [9.17, 15) is 18.0 Å². The maximum Gasteiger partial charge on any atom is 0.319 e. The van der Waals surface area contributed by atoms with Crippen LogP contribution in [-0.4, -0.2) is 44.4 Å². The molecule has 3 N–H and O–H groups in total. The fourth-order valence-electron chi connectivity index (χ4n) is 2.54. The molecule has 1 atom stereocenters. The van der Waals surface area contributed by atoms with Crippen LogP contribution in [0.25, 0.3) is 0 Å². The van der Waals surface area contributed by atoms with E-state index in [-0.39, 0.29) is 23.5 Å². The molecule has 0 bridgehead atoms. The third-order valence-corrected chi connectivity index (χ3v) is 5.75. The molecule has 0 spiro atoms. The Kier molecular flexibility index (Phi) is 6.41. The van der Waals surface area contributed by atoms with Crippen LogP contribution in [0.2, 0.25) is 0 Å². The van der Waals surface area contributed by atoms with Crippen LogP contribution in [0.1, 0.15) is 37.0 Å². The Labute approximate surface area is 148 Å². The van der Waals surface area contributed by atoms with Crippen LogP contribution in [0.3, 0.4) is 0 Å². The first-order chi connectivity index (χ1) is 11.7. The number of hydrogen-bond acceptors (Lipinski definition) is 4. The van der Waals surface area contributed by atoms with E-state index in [4.69, 9.17) is 0 Å². The molecule has 0 radical (unpaired) electrons. The second-order valence-electron chi connectivity index (χ2n) is 6.71. The van der Waals surface area contributed by atoms with Gasteiger partial charge in [0.05, 0.1) is 11.5 Å². The van der Waals surface area contributed by atoms with Gasteiger partial charge in [-0.05, 0) is 43.0 Å². The number of carbonyl (C=O) groups excluding carboxylic acids is 2. The molecule has 7 nitrogen and oxygen atoms in total. The van der Waals surface area contributed by atoms with Crippen LogP contribution in [0.15, 0.2) is 24.3 Å². The van der Waals surface area contributed by atoms with Crippen molar-refractivity contribution in [1.82, 2.24) is 10.6 Å². The summed E-state index contributed by atoms with van der Waals surface area (Å²) in [5.74, 6) is 0.474. The molecule has 138 valence electrons. The lowest BCUT2D eigenvalue weighted by molar-refractivity contribution is 0.0952. The maximum absolute atomic E-state index is 12.0. The zero-order chi connectivity index (χ0) is 18.4. The van der Waals surface area contributed by atoms with Crippen molar-refractivity contribution < 1.29 is 18.0 Å². The van der Waals surface area contributed by atoms with Gasteiger partial charge in [-0.2, -0.15) is 0 Å². The van der Waals surface area contributed by atoms with Crippen LogP contribution in [0, 0.1) is 5.92 Å². The summed E-state index contributed by atoms with van der Waals surface area (Å²) < 4.78 is 22.8. The summed E-state index contributed by atoms with van der Waals surface area (Å²) in [5, 5.41) is 8.15. The summed E-state index contributed by atoms with van der Waals surface area (Å²) in [6.07, 6.45) is 1.35. The summed E-state index contributed by atoms with van der Waals surface area (Å²) in [6, 6.07) is 5.76. The van der Waals surface area contributed by atoms with Gasteiger partial charge in [0.25, 0.3) is 5.91 Å². The summed E-state index contributed by atoms with van der Waals surface area (Å²) in [6.45, 7) is 4.82. The van der Waals surface area contributed by atoms with Crippen molar-refractivity contribution in [3.8, 4) is 0 Å². The monoisotopic (exact) mass is 367 g/mol. The number of sulfone groups is 1. The van der Waals surface area contributed by atoms with Crippen LogP contribution >= 0.6 is 0 Å². The second-order valence-corrected chi connectivity index (χ2v) is 8.94. The lowest BCUT2D eigenvalue weighted by Gasteiger charge is -2.12. The van der Waals surface area contributed by atoms with E-state index >= 15 is 0 Å². The molecule has 25 heavy (non-hydrogen) atoms. The lowest BCUT2D eigenvalue weighted by atomic mass is 10.1. The first-order valence-corrected chi connectivity index (χ1v) is 10.2. The fraction of sp³-hybridized carbons (Fsp3) is 0.529. The SMILES string of the molecule is CC(C)CCNC(=O)c1ccc(NC(=O)N[C@@H]2CCS(=O)(=O)C2)cc1. The Morgan fingerprint density at radius 3 is 2.44 bits per heavy atom. The first-order valence-electron chi connectivity index (χ1n) is 8.41. The van der Waals surface area contributed by atoms with Gasteiger partial charge >= 0.3 is 6.03 Å². The predicted molar refractivity (Wildman–Crippen MR) is 97.4 cm³/mol. The number of rotatable bonds is 6. The fourth-order valence-corrected chi connectivity index (χ4v) is 4.22. The lowest BCUT2D eigenvalue weighted by Crippen LogP contribution is -2.38. The minimum atomic E-state index is -3.03. The minimum Gasteiger partial charge on any atom is -0.352 e. The molecule has 3 amide bonds. The molecular formula is C17H25N3O4S. The largest absolute Gasteiger partial charge is 0.352 e. The molecule has 2 rings (SSSR count). The number of carbonyl (C=O) groups is 2. The van der Waals surface area contributed by atoms with Crippen LogP contribution in [0.4, 0.5) is 10.5 Å². The van der Waals surface area contributed by atoms with Gasteiger partial charge in [-0.15, -0.1) is 0 Å². The number of amides is 3. The van der Waals surface area contributed by atoms with Gasteiger partial charge in [0, 0.05) is 23.8 Å². The Hall–Kier alpha value is -2.09. The van der Waals surface area contributed by atoms with Crippen molar-refractivity contribution in [2.45, 2.75) is 32.7 Å². The average molecular weight is 367 g/mol. The summed E-state index contributed by atoms with van der Waals surface area (Å²) in [7, 11) is -3.03. The van der Waals surface area contributed by atoms with E-state index in [2.05, 4.69) is 29.8 Å². The zero-order valence-corrected chi connectivity index (χ0v) is 15.4. The number of hydrogen-bond donors (Lipinski definition) is 3. The van der Waals surface area contributed by atoms with Crippen molar-refractivity contribution in [2.24, 2.45) is 5.92 Å². The van der Waals surface area contributed by atoms with E-state index in [0.717, 1.165) is 6.42 Å². The standard InChI is InChI=1S/C17H25N3O4S/c1-12(2)7-9-18-16(21)13-3-5-14(6-4-13)19-17(22)20-15-8-10-25(23,24)11-15/h3-6,12,15H,7-11H2,1-2H3,(H,18,21)(H2,19,20,22)/t15-/m1/s1. The number of urea groups is 1. The van der Waals surface area contributed by atoms with E-state index in [0.29, 0.717) is 30.1 Å². The molecule has 1 heterocycles. The molecule has 8 heteroatoms. The quantitative estimate of drug-likeness (QED) is 0.713. The Morgan fingerprint density at radius 1 is 1.20 bits per heavy atom. The smallest absolute Gasteiger partial charge is 0.319 e. The van der Waals surface area contributed by atoms with Gasteiger partial charge in [-0.25, -0.2) is 13.2 Å².